The Morgan fingerprint density at radius 2 is 2.10 bits per heavy atom. The van der Waals surface area contributed by atoms with Crippen molar-refractivity contribution in [1.29, 1.82) is 0 Å². The SMILES string of the molecule is CC1(C)CC(C2(N)N=C(c3cnc4ccc(F)cn34)NC=C2N)c2cccnc2O1. The first kappa shape index (κ1) is 18.6. The number of pyridine rings is 2. The molecule has 9 heteroatoms. The lowest BCUT2D eigenvalue weighted by molar-refractivity contribution is 0.0547. The summed E-state index contributed by atoms with van der Waals surface area (Å²) in [5.41, 5.74) is 13.9. The van der Waals surface area contributed by atoms with Gasteiger partial charge in [0.15, 0.2) is 11.5 Å². The van der Waals surface area contributed by atoms with Crippen molar-refractivity contribution in [1.82, 2.24) is 19.7 Å². The zero-order chi connectivity index (χ0) is 21.1. The molecule has 0 amide bonds. The van der Waals surface area contributed by atoms with E-state index >= 15 is 0 Å². The van der Waals surface area contributed by atoms with Gasteiger partial charge in [0.2, 0.25) is 5.88 Å². The van der Waals surface area contributed by atoms with Crippen LogP contribution in [0.5, 0.6) is 5.88 Å². The van der Waals surface area contributed by atoms with Crippen LogP contribution in [0, 0.1) is 5.82 Å². The summed E-state index contributed by atoms with van der Waals surface area (Å²) < 4.78 is 21.5. The van der Waals surface area contributed by atoms with Gasteiger partial charge in [-0.15, -0.1) is 0 Å². The zero-order valence-corrected chi connectivity index (χ0v) is 16.6. The third-order valence-electron chi connectivity index (χ3n) is 5.61. The van der Waals surface area contributed by atoms with Gasteiger partial charge in [0.25, 0.3) is 0 Å². The number of nitrogens with zero attached hydrogens (tertiary/aromatic N) is 4. The number of fused-ring (bicyclic) bond motifs is 2. The van der Waals surface area contributed by atoms with Crippen molar-refractivity contribution < 1.29 is 9.13 Å². The molecule has 5 rings (SSSR count). The van der Waals surface area contributed by atoms with Crippen molar-refractivity contribution in [3.63, 3.8) is 0 Å². The maximum absolute atomic E-state index is 13.8. The molecule has 0 fully saturated rings. The number of nitrogens with one attached hydrogen (secondary N) is 1. The highest BCUT2D eigenvalue weighted by molar-refractivity contribution is 5.99. The molecule has 0 radical (unpaired) electrons. The Labute approximate surface area is 172 Å². The molecule has 0 spiro atoms. The first-order valence-electron chi connectivity index (χ1n) is 9.65. The largest absolute Gasteiger partial charge is 0.471 e. The second-order valence-electron chi connectivity index (χ2n) is 8.26. The number of amidine groups is 1. The molecule has 3 aromatic heterocycles. The average molecular weight is 407 g/mol. The molecule has 0 bridgehead atoms. The summed E-state index contributed by atoms with van der Waals surface area (Å²) in [6, 6.07) is 6.74. The van der Waals surface area contributed by atoms with Crippen molar-refractivity contribution in [3.05, 3.63) is 71.8 Å². The Bertz CT molecular complexity index is 1220. The maximum Gasteiger partial charge on any atom is 0.217 e. The van der Waals surface area contributed by atoms with Crippen LogP contribution in [-0.4, -0.2) is 31.5 Å². The Morgan fingerprint density at radius 3 is 2.93 bits per heavy atom. The quantitative estimate of drug-likeness (QED) is 0.599. The molecule has 2 unspecified atom stereocenters. The minimum Gasteiger partial charge on any atom is -0.471 e. The van der Waals surface area contributed by atoms with Crippen molar-refractivity contribution in [3.8, 4) is 5.88 Å². The number of aromatic nitrogens is 3. The van der Waals surface area contributed by atoms with Gasteiger partial charge in [0.05, 0.1) is 11.9 Å². The number of aliphatic imine (C=N–C) groups is 1. The molecule has 3 aromatic rings. The van der Waals surface area contributed by atoms with E-state index in [1.807, 2.05) is 26.0 Å². The summed E-state index contributed by atoms with van der Waals surface area (Å²) in [5.74, 6) is 0.343. The van der Waals surface area contributed by atoms with Crippen LogP contribution in [0.25, 0.3) is 5.65 Å². The highest BCUT2D eigenvalue weighted by atomic mass is 19.1. The smallest absolute Gasteiger partial charge is 0.217 e. The Hall–Kier alpha value is -3.46. The fraction of sp³-hybridized carbons (Fsp3) is 0.286. The number of rotatable bonds is 2. The lowest BCUT2D eigenvalue weighted by atomic mass is 9.76. The highest BCUT2D eigenvalue weighted by Crippen LogP contribution is 2.46. The van der Waals surface area contributed by atoms with Crippen molar-refractivity contribution in [2.45, 2.75) is 37.5 Å². The van der Waals surface area contributed by atoms with E-state index in [1.54, 1.807) is 29.1 Å². The summed E-state index contributed by atoms with van der Waals surface area (Å²) in [4.78, 5) is 13.5. The fourth-order valence-electron chi connectivity index (χ4n) is 4.14. The van der Waals surface area contributed by atoms with E-state index in [9.17, 15) is 4.39 Å². The van der Waals surface area contributed by atoms with Crippen molar-refractivity contribution >= 4 is 11.5 Å². The van der Waals surface area contributed by atoms with Gasteiger partial charge in [0.1, 0.15) is 22.8 Å². The van der Waals surface area contributed by atoms with Crippen LogP contribution in [0.1, 0.15) is 37.4 Å². The summed E-state index contributed by atoms with van der Waals surface area (Å²) in [6.45, 7) is 3.97. The van der Waals surface area contributed by atoms with Crippen LogP contribution in [0.4, 0.5) is 4.39 Å². The van der Waals surface area contributed by atoms with Gasteiger partial charge in [-0.2, -0.15) is 0 Å². The molecule has 5 N–H and O–H groups in total. The van der Waals surface area contributed by atoms with Gasteiger partial charge >= 0.3 is 0 Å². The van der Waals surface area contributed by atoms with E-state index in [0.29, 0.717) is 35.2 Å². The van der Waals surface area contributed by atoms with Gasteiger partial charge in [-0.3, -0.25) is 4.40 Å². The summed E-state index contributed by atoms with van der Waals surface area (Å²) in [7, 11) is 0. The van der Waals surface area contributed by atoms with E-state index in [1.165, 1.54) is 12.3 Å². The number of hydrogen-bond donors (Lipinski definition) is 3. The molecule has 0 aliphatic carbocycles. The molecule has 2 aliphatic heterocycles. The van der Waals surface area contributed by atoms with E-state index < -0.39 is 11.3 Å². The van der Waals surface area contributed by atoms with Crippen molar-refractivity contribution in [2.24, 2.45) is 16.5 Å². The third kappa shape index (κ3) is 2.81. The molecule has 154 valence electrons. The standard InChI is InChI=1S/C21H22FN7O/c1-20(2)8-14(13-4-3-7-25-19(13)30-20)21(24)16(23)10-27-18(28-21)15-9-26-17-6-5-12(22)11-29(15)17/h3-7,9-11,14H,8,23-24H2,1-2H3,(H,27,28). The van der Waals surface area contributed by atoms with Gasteiger partial charge < -0.3 is 21.5 Å². The molecule has 0 saturated heterocycles. The van der Waals surface area contributed by atoms with E-state index in [0.717, 1.165) is 5.56 Å². The first-order valence-corrected chi connectivity index (χ1v) is 9.65. The van der Waals surface area contributed by atoms with Crippen LogP contribution in [0.3, 0.4) is 0 Å². The van der Waals surface area contributed by atoms with Gasteiger partial charge in [-0.05, 0) is 38.5 Å². The van der Waals surface area contributed by atoms with Gasteiger partial charge in [-0.1, -0.05) is 6.07 Å². The zero-order valence-electron chi connectivity index (χ0n) is 16.6. The molecule has 0 aromatic carbocycles. The number of ether oxygens (including phenoxy) is 1. The van der Waals surface area contributed by atoms with Crippen LogP contribution in [0.15, 0.2) is 59.7 Å². The number of imidazole rings is 1. The van der Waals surface area contributed by atoms with Crippen LogP contribution < -0.4 is 21.5 Å². The molecular formula is C21H22FN7O. The lowest BCUT2D eigenvalue weighted by Crippen LogP contribution is -2.56. The summed E-state index contributed by atoms with van der Waals surface area (Å²) >= 11 is 0. The number of nitrogens with two attached hydrogens (primary N) is 2. The average Bonchev–Trinajstić information content (AvgIpc) is 3.12. The molecule has 8 nitrogen and oxygen atoms in total. The lowest BCUT2D eigenvalue weighted by Gasteiger charge is -2.44. The van der Waals surface area contributed by atoms with Crippen molar-refractivity contribution in [2.75, 3.05) is 0 Å². The topological polar surface area (TPSA) is 116 Å². The fourth-order valence-corrected chi connectivity index (χ4v) is 4.14. The van der Waals surface area contributed by atoms with Crippen LogP contribution in [0.2, 0.25) is 0 Å². The monoisotopic (exact) mass is 407 g/mol. The second kappa shape index (κ2) is 6.27. The van der Waals surface area contributed by atoms with Gasteiger partial charge in [0, 0.05) is 30.1 Å². The van der Waals surface area contributed by atoms with E-state index in [4.69, 9.17) is 21.2 Å². The Balaban J connectivity index is 1.65. The maximum atomic E-state index is 13.8. The normalized spacial score (nSPS) is 25.0. The minimum absolute atomic E-state index is 0.269. The molecule has 2 aliphatic rings. The first-order chi connectivity index (χ1) is 14.3. The van der Waals surface area contributed by atoms with Gasteiger partial charge in [-0.25, -0.2) is 19.4 Å². The Kier molecular flexibility index (Phi) is 3.88. The summed E-state index contributed by atoms with van der Waals surface area (Å²) in [6.07, 6.45) is 6.90. The summed E-state index contributed by atoms with van der Waals surface area (Å²) in [5, 5.41) is 3.07. The molecule has 30 heavy (non-hydrogen) atoms. The Morgan fingerprint density at radius 1 is 1.27 bits per heavy atom. The molecule has 0 saturated carbocycles. The predicted molar refractivity (Wildman–Crippen MR) is 110 cm³/mol. The van der Waals surface area contributed by atoms with E-state index in [2.05, 4.69) is 15.3 Å². The predicted octanol–water partition coefficient (Wildman–Crippen LogP) is 2.02. The molecule has 2 atom stereocenters. The highest BCUT2D eigenvalue weighted by Gasteiger charge is 2.48. The number of halogens is 1. The number of hydrogen-bond acceptors (Lipinski definition) is 7. The third-order valence-corrected chi connectivity index (χ3v) is 5.61. The van der Waals surface area contributed by atoms with Crippen LogP contribution >= 0.6 is 0 Å². The second-order valence-corrected chi connectivity index (χ2v) is 8.26. The van der Waals surface area contributed by atoms with Crippen LogP contribution in [-0.2, 0) is 0 Å². The minimum atomic E-state index is -1.24. The molecular weight excluding hydrogens is 385 g/mol. The molecule has 5 heterocycles. The van der Waals surface area contributed by atoms with E-state index in [-0.39, 0.29) is 11.7 Å².